The van der Waals surface area contributed by atoms with Gasteiger partial charge in [-0.25, -0.2) is 0 Å². The normalized spacial score (nSPS) is 12.3. The molecule has 0 radical (unpaired) electrons. The highest BCUT2D eigenvalue weighted by atomic mass is 79.9. The van der Waals surface area contributed by atoms with Gasteiger partial charge < -0.3 is 4.90 Å². The molecule has 0 atom stereocenters. The van der Waals surface area contributed by atoms with Crippen molar-refractivity contribution in [2.75, 3.05) is 4.90 Å². The molecule has 0 bridgehead atoms. The smallest absolute Gasteiger partial charge is 0.0604 e. The summed E-state index contributed by atoms with van der Waals surface area (Å²) in [6, 6.07) is 30.1. The average molecular weight is 372 g/mol. The molecule has 4 aromatic carbocycles. The van der Waals surface area contributed by atoms with Gasteiger partial charge >= 0.3 is 0 Å². The van der Waals surface area contributed by atoms with Crippen LogP contribution in [0.5, 0.6) is 0 Å². The minimum atomic E-state index is 1.09. The Morgan fingerprint density at radius 1 is 0.542 bits per heavy atom. The molecule has 0 fully saturated rings. The minimum absolute atomic E-state index is 1.09. The van der Waals surface area contributed by atoms with Crippen LogP contribution in [0.2, 0.25) is 0 Å². The standard InChI is InChI=1S/C22H14BrN/c23-18-11-2-4-13-20(18)24-19-12-3-1-9-16(19)17-10-5-7-15-8-6-14-21(24)22(15)17/h1-14H. The van der Waals surface area contributed by atoms with Gasteiger partial charge in [-0.2, -0.15) is 0 Å². The van der Waals surface area contributed by atoms with Crippen molar-refractivity contribution >= 4 is 43.8 Å². The summed E-state index contributed by atoms with van der Waals surface area (Å²) in [5.41, 5.74) is 6.19. The van der Waals surface area contributed by atoms with Crippen LogP contribution in [0.4, 0.5) is 17.1 Å². The van der Waals surface area contributed by atoms with Gasteiger partial charge in [-0.05, 0) is 51.1 Å². The number of halogens is 1. The Morgan fingerprint density at radius 3 is 2.00 bits per heavy atom. The minimum Gasteiger partial charge on any atom is -0.308 e. The van der Waals surface area contributed by atoms with Crippen LogP contribution in [0, 0.1) is 0 Å². The maximum Gasteiger partial charge on any atom is 0.0604 e. The molecule has 0 N–H and O–H groups in total. The Hall–Kier alpha value is -2.58. The first kappa shape index (κ1) is 13.8. The van der Waals surface area contributed by atoms with E-state index in [-0.39, 0.29) is 0 Å². The molecule has 1 aliphatic heterocycles. The SMILES string of the molecule is Brc1ccccc1N1c2ccccc2-c2cccc3cccc1c23. The summed E-state index contributed by atoms with van der Waals surface area (Å²) in [6.07, 6.45) is 0. The molecule has 0 aliphatic carbocycles. The molecule has 0 unspecified atom stereocenters. The highest BCUT2D eigenvalue weighted by Gasteiger charge is 2.26. The number of para-hydroxylation sites is 2. The number of anilines is 3. The van der Waals surface area contributed by atoms with Crippen LogP contribution in [0.1, 0.15) is 0 Å². The van der Waals surface area contributed by atoms with Gasteiger partial charge in [-0.15, -0.1) is 0 Å². The predicted molar refractivity (Wildman–Crippen MR) is 105 cm³/mol. The van der Waals surface area contributed by atoms with Crippen molar-refractivity contribution in [2.45, 2.75) is 0 Å². The van der Waals surface area contributed by atoms with E-state index in [0.717, 1.165) is 10.2 Å². The predicted octanol–water partition coefficient (Wildman–Crippen LogP) is 7.05. The van der Waals surface area contributed by atoms with Crippen LogP contribution < -0.4 is 4.90 Å². The second-order valence-electron chi connectivity index (χ2n) is 5.98. The number of nitrogens with zero attached hydrogens (tertiary/aromatic N) is 1. The highest BCUT2D eigenvalue weighted by Crippen LogP contribution is 2.51. The molecule has 1 nitrogen and oxygen atoms in total. The summed E-state index contributed by atoms with van der Waals surface area (Å²) >= 11 is 3.73. The molecule has 5 rings (SSSR count). The van der Waals surface area contributed by atoms with Crippen molar-refractivity contribution in [1.29, 1.82) is 0 Å². The van der Waals surface area contributed by atoms with Crippen LogP contribution in [-0.2, 0) is 0 Å². The van der Waals surface area contributed by atoms with Crippen molar-refractivity contribution in [3.8, 4) is 11.1 Å². The van der Waals surface area contributed by atoms with Crippen LogP contribution in [0.15, 0.2) is 89.4 Å². The zero-order valence-electron chi connectivity index (χ0n) is 12.9. The van der Waals surface area contributed by atoms with Crippen LogP contribution in [-0.4, -0.2) is 0 Å². The number of fused-ring (bicyclic) bond motifs is 2. The number of benzene rings is 4. The summed E-state index contributed by atoms with van der Waals surface area (Å²) < 4.78 is 1.09. The zero-order chi connectivity index (χ0) is 16.1. The molecule has 0 spiro atoms. The van der Waals surface area contributed by atoms with Crippen LogP contribution in [0.3, 0.4) is 0 Å². The van der Waals surface area contributed by atoms with E-state index in [0.29, 0.717) is 0 Å². The molecule has 114 valence electrons. The Balaban J connectivity index is 1.95. The fraction of sp³-hybridized carbons (Fsp3) is 0. The lowest BCUT2D eigenvalue weighted by Gasteiger charge is -2.34. The monoisotopic (exact) mass is 371 g/mol. The summed E-state index contributed by atoms with van der Waals surface area (Å²) in [6.45, 7) is 0. The van der Waals surface area contributed by atoms with Gasteiger partial charge in [0.2, 0.25) is 0 Å². The van der Waals surface area contributed by atoms with E-state index in [1.165, 1.54) is 33.3 Å². The molecule has 2 heteroatoms. The average Bonchev–Trinajstić information content (AvgIpc) is 2.63. The van der Waals surface area contributed by atoms with Crippen molar-refractivity contribution in [2.24, 2.45) is 0 Å². The maximum absolute atomic E-state index is 3.73. The summed E-state index contributed by atoms with van der Waals surface area (Å²) in [7, 11) is 0. The zero-order valence-corrected chi connectivity index (χ0v) is 14.5. The summed E-state index contributed by atoms with van der Waals surface area (Å²) in [4.78, 5) is 2.36. The van der Waals surface area contributed by atoms with Gasteiger partial charge in [0.1, 0.15) is 0 Å². The third-order valence-electron chi connectivity index (χ3n) is 4.65. The topological polar surface area (TPSA) is 3.24 Å². The molecule has 1 aliphatic rings. The lowest BCUT2D eigenvalue weighted by molar-refractivity contribution is 1.27. The Morgan fingerprint density at radius 2 is 1.17 bits per heavy atom. The number of rotatable bonds is 1. The third kappa shape index (κ3) is 1.87. The Labute approximate surface area is 149 Å². The number of hydrogen-bond donors (Lipinski definition) is 0. The van der Waals surface area contributed by atoms with Crippen molar-refractivity contribution in [1.82, 2.24) is 0 Å². The quantitative estimate of drug-likeness (QED) is 0.305. The van der Waals surface area contributed by atoms with Crippen molar-refractivity contribution < 1.29 is 0 Å². The van der Waals surface area contributed by atoms with E-state index in [9.17, 15) is 0 Å². The molecule has 0 saturated heterocycles. The molecule has 0 amide bonds. The third-order valence-corrected chi connectivity index (χ3v) is 5.32. The second kappa shape index (κ2) is 5.22. The molecule has 0 saturated carbocycles. The fourth-order valence-electron chi connectivity index (χ4n) is 3.65. The Kier molecular flexibility index (Phi) is 3.00. The van der Waals surface area contributed by atoms with E-state index < -0.39 is 0 Å². The Bertz CT molecular complexity index is 1080. The van der Waals surface area contributed by atoms with Crippen molar-refractivity contribution in [3.63, 3.8) is 0 Å². The lowest BCUT2D eigenvalue weighted by atomic mass is 9.91. The largest absolute Gasteiger partial charge is 0.308 e. The second-order valence-corrected chi connectivity index (χ2v) is 6.84. The molecular formula is C22H14BrN. The van der Waals surface area contributed by atoms with Crippen molar-refractivity contribution in [3.05, 3.63) is 89.4 Å². The summed E-state index contributed by atoms with van der Waals surface area (Å²) in [5, 5.41) is 2.59. The highest BCUT2D eigenvalue weighted by molar-refractivity contribution is 9.10. The van der Waals surface area contributed by atoms with E-state index >= 15 is 0 Å². The van der Waals surface area contributed by atoms with Crippen LogP contribution >= 0.6 is 15.9 Å². The van der Waals surface area contributed by atoms with E-state index in [1.807, 2.05) is 0 Å². The van der Waals surface area contributed by atoms with Crippen LogP contribution in [0.25, 0.3) is 21.9 Å². The first-order valence-electron chi connectivity index (χ1n) is 8.00. The van der Waals surface area contributed by atoms with Gasteiger partial charge in [0.15, 0.2) is 0 Å². The first-order valence-corrected chi connectivity index (χ1v) is 8.80. The van der Waals surface area contributed by atoms with Gasteiger partial charge in [-0.1, -0.05) is 60.7 Å². The molecular weight excluding hydrogens is 358 g/mol. The summed E-state index contributed by atoms with van der Waals surface area (Å²) in [5.74, 6) is 0. The lowest BCUT2D eigenvalue weighted by Crippen LogP contribution is -2.15. The van der Waals surface area contributed by atoms with Gasteiger partial charge in [-0.3, -0.25) is 0 Å². The maximum atomic E-state index is 3.73. The molecule has 24 heavy (non-hydrogen) atoms. The first-order chi connectivity index (χ1) is 11.8. The van der Waals surface area contributed by atoms with Gasteiger partial charge in [0.25, 0.3) is 0 Å². The molecule has 4 aromatic rings. The molecule has 1 heterocycles. The van der Waals surface area contributed by atoms with Gasteiger partial charge in [0, 0.05) is 15.4 Å². The van der Waals surface area contributed by atoms with E-state index in [4.69, 9.17) is 0 Å². The number of hydrogen-bond acceptors (Lipinski definition) is 1. The van der Waals surface area contributed by atoms with Gasteiger partial charge in [0.05, 0.1) is 17.1 Å². The van der Waals surface area contributed by atoms with E-state index in [1.54, 1.807) is 0 Å². The molecule has 0 aromatic heterocycles. The fourth-order valence-corrected chi connectivity index (χ4v) is 4.11. The van der Waals surface area contributed by atoms with E-state index in [2.05, 4.69) is 106 Å².